The Morgan fingerprint density at radius 3 is 2.30 bits per heavy atom. The second kappa shape index (κ2) is 14.5. The van der Waals surface area contributed by atoms with E-state index in [0.717, 1.165) is 7.11 Å². The summed E-state index contributed by atoms with van der Waals surface area (Å²) in [4.78, 5) is 73.3. The molecule has 0 bridgehead atoms. The number of ether oxygens (including phenoxy) is 5. The van der Waals surface area contributed by atoms with Crippen molar-refractivity contribution in [1.29, 1.82) is 0 Å². The van der Waals surface area contributed by atoms with Crippen LogP contribution in [0.1, 0.15) is 46.8 Å². The van der Waals surface area contributed by atoms with E-state index in [1.807, 2.05) is 0 Å². The molecule has 18 heteroatoms. The lowest BCUT2D eigenvalue weighted by Crippen LogP contribution is -2.49. The smallest absolute Gasteiger partial charge is 0.351 e. The molecule has 1 fully saturated rings. The normalized spacial score (nSPS) is 21.1. The molecule has 1 saturated heterocycles. The van der Waals surface area contributed by atoms with Gasteiger partial charge in [0, 0.05) is 6.42 Å². The van der Waals surface area contributed by atoms with Crippen LogP contribution in [0.3, 0.4) is 0 Å². The lowest BCUT2D eigenvalue weighted by Gasteiger charge is -2.28. The number of anilines is 1. The van der Waals surface area contributed by atoms with Crippen molar-refractivity contribution in [3.05, 3.63) is 16.7 Å². The molecule has 2 aromatic rings. The van der Waals surface area contributed by atoms with E-state index in [-0.39, 0.29) is 29.5 Å². The van der Waals surface area contributed by atoms with E-state index < -0.39 is 91.2 Å². The van der Waals surface area contributed by atoms with Gasteiger partial charge in [0.2, 0.25) is 12.1 Å². The van der Waals surface area contributed by atoms with Gasteiger partial charge in [0.25, 0.3) is 5.56 Å². The highest BCUT2D eigenvalue weighted by Gasteiger charge is 2.43. The van der Waals surface area contributed by atoms with Crippen LogP contribution < -0.4 is 22.8 Å². The number of fused-ring (bicyclic) bond motifs is 1. The van der Waals surface area contributed by atoms with E-state index in [1.54, 1.807) is 27.7 Å². The third-order valence-electron chi connectivity index (χ3n) is 6.97. The summed E-state index contributed by atoms with van der Waals surface area (Å²) < 4.78 is 42.7. The van der Waals surface area contributed by atoms with Crippen LogP contribution in [0, 0.1) is 11.8 Å². The highest BCUT2D eigenvalue weighted by molar-refractivity contribution is 5.84. The number of esters is 4. The maximum Gasteiger partial charge on any atom is 0.351 e. The molecule has 0 amide bonds. The summed E-state index contributed by atoms with van der Waals surface area (Å²) in [6.07, 6.45) is -7.39. The Morgan fingerprint density at radius 1 is 1.09 bits per heavy atom. The number of nitrogens with two attached hydrogens (primary N) is 3. The molecule has 2 aromatic heterocycles. The number of hydrogen-bond acceptors (Lipinski definition) is 15. The quantitative estimate of drug-likeness (QED) is 0.157. The molecule has 44 heavy (non-hydrogen) atoms. The Balaban J connectivity index is 1.81. The van der Waals surface area contributed by atoms with Crippen LogP contribution in [0.5, 0.6) is 0 Å². The summed E-state index contributed by atoms with van der Waals surface area (Å²) in [5, 5.41) is 0. The fraction of sp³-hybridized carbons (Fsp3) is 0.654. The first-order chi connectivity index (χ1) is 20.6. The average molecular weight is 628 g/mol. The zero-order valence-electron chi connectivity index (χ0n) is 24.9. The van der Waals surface area contributed by atoms with Crippen LogP contribution in [0.25, 0.3) is 11.2 Å². The maximum absolute atomic E-state index is 15.0. The number of nitrogen functional groups attached to an aromatic ring is 1. The summed E-state index contributed by atoms with van der Waals surface area (Å²) in [6.45, 7) is 5.88. The number of imidazole rings is 1. The van der Waals surface area contributed by atoms with Gasteiger partial charge in [-0.15, -0.1) is 0 Å². The minimum absolute atomic E-state index is 0.0410. The van der Waals surface area contributed by atoms with Crippen LogP contribution in [-0.2, 0) is 42.9 Å². The largest absolute Gasteiger partial charge is 0.469 e. The van der Waals surface area contributed by atoms with Crippen molar-refractivity contribution >= 4 is 41.0 Å². The zero-order chi connectivity index (χ0) is 32.9. The van der Waals surface area contributed by atoms with Crippen LogP contribution >= 0.6 is 0 Å². The van der Waals surface area contributed by atoms with E-state index in [0.29, 0.717) is 0 Å². The molecule has 7 atom stereocenters. The summed E-state index contributed by atoms with van der Waals surface area (Å²) in [5.41, 5.74) is 16.8. The molecule has 0 spiro atoms. The monoisotopic (exact) mass is 627 g/mol. The SMILES string of the molecule is COC(=O)CC(OC(=O)[C@@H](N)C(C)C)C(OC(=O)[C@@H](N)C(C)C)C(=O)OC[C@H]1O[C@@H](n2cnc3c(=O)[nH]c(N)nc32)C[C@@H]1F. The van der Waals surface area contributed by atoms with Gasteiger partial charge in [0.15, 0.2) is 17.3 Å². The first kappa shape index (κ1) is 34.3. The van der Waals surface area contributed by atoms with E-state index in [4.69, 9.17) is 36.1 Å². The summed E-state index contributed by atoms with van der Waals surface area (Å²) in [7, 11) is 1.06. The van der Waals surface area contributed by atoms with E-state index in [9.17, 15) is 24.0 Å². The first-order valence-electron chi connectivity index (χ1n) is 13.8. The average Bonchev–Trinajstić information content (AvgIpc) is 3.55. The number of carbonyl (C=O) groups is 4. The number of hydrogen-bond donors (Lipinski definition) is 4. The van der Waals surface area contributed by atoms with E-state index in [1.165, 1.54) is 10.9 Å². The number of aromatic nitrogens is 4. The highest BCUT2D eigenvalue weighted by atomic mass is 19.1. The summed E-state index contributed by atoms with van der Waals surface area (Å²) in [6, 6.07) is -2.33. The number of nitrogens with one attached hydrogen (secondary N) is 1. The molecule has 3 heterocycles. The van der Waals surface area contributed by atoms with Gasteiger partial charge in [-0.1, -0.05) is 27.7 Å². The van der Waals surface area contributed by atoms with Gasteiger partial charge >= 0.3 is 23.9 Å². The third-order valence-corrected chi connectivity index (χ3v) is 6.97. The number of alkyl halides is 1. The van der Waals surface area contributed by atoms with E-state index >= 15 is 4.39 Å². The Bertz CT molecular complexity index is 1410. The zero-order valence-corrected chi connectivity index (χ0v) is 24.9. The second-order valence-corrected chi connectivity index (χ2v) is 10.9. The molecule has 1 aliphatic heterocycles. The maximum atomic E-state index is 15.0. The van der Waals surface area contributed by atoms with Crippen molar-refractivity contribution in [2.45, 2.75) is 83.3 Å². The highest BCUT2D eigenvalue weighted by Crippen LogP contribution is 2.32. The van der Waals surface area contributed by atoms with Crippen LogP contribution in [0.4, 0.5) is 10.3 Å². The molecule has 0 aliphatic carbocycles. The second-order valence-electron chi connectivity index (χ2n) is 10.9. The fourth-order valence-electron chi connectivity index (χ4n) is 4.12. The summed E-state index contributed by atoms with van der Waals surface area (Å²) in [5.74, 6) is -5.19. The van der Waals surface area contributed by atoms with Crippen molar-refractivity contribution in [3.8, 4) is 0 Å². The number of H-pyrrole nitrogens is 1. The van der Waals surface area contributed by atoms with Gasteiger partial charge in [-0.05, 0) is 11.8 Å². The van der Waals surface area contributed by atoms with Crippen molar-refractivity contribution in [1.82, 2.24) is 19.5 Å². The molecule has 0 saturated carbocycles. The summed E-state index contributed by atoms with van der Waals surface area (Å²) >= 11 is 0. The van der Waals surface area contributed by atoms with Crippen molar-refractivity contribution in [2.24, 2.45) is 23.3 Å². The van der Waals surface area contributed by atoms with Crippen molar-refractivity contribution < 1.29 is 47.3 Å². The molecule has 2 unspecified atom stereocenters. The molecule has 17 nitrogen and oxygen atoms in total. The lowest BCUT2D eigenvalue weighted by molar-refractivity contribution is -0.188. The first-order valence-corrected chi connectivity index (χ1v) is 13.8. The number of aromatic amines is 1. The third kappa shape index (κ3) is 8.06. The predicted octanol–water partition coefficient (Wildman–Crippen LogP) is -0.776. The van der Waals surface area contributed by atoms with Crippen molar-refractivity contribution in [3.63, 3.8) is 0 Å². The molecule has 0 aromatic carbocycles. The minimum atomic E-state index is -2.00. The Labute approximate surface area is 250 Å². The molecule has 3 rings (SSSR count). The predicted molar refractivity (Wildman–Crippen MR) is 149 cm³/mol. The molecule has 1 aliphatic rings. The van der Waals surface area contributed by atoms with E-state index in [2.05, 4.69) is 19.7 Å². The number of halogens is 1. The number of carbonyl (C=O) groups excluding carboxylic acids is 4. The Kier molecular flexibility index (Phi) is 11.3. The Hall–Kier alpha value is -4.16. The van der Waals surface area contributed by atoms with Gasteiger partial charge in [-0.25, -0.2) is 14.2 Å². The minimum Gasteiger partial charge on any atom is -0.469 e. The van der Waals surface area contributed by atoms with Gasteiger partial charge in [0.05, 0.1) is 19.9 Å². The number of rotatable bonds is 13. The van der Waals surface area contributed by atoms with Gasteiger partial charge in [-0.3, -0.25) is 28.7 Å². The van der Waals surface area contributed by atoms with Gasteiger partial charge in [0.1, 0.15) is 37.2 Å². The Morgan fingerprint density at radius 2 is 1.70 bits per heavy atom. The molecule has 7 N–H and O–H groups in total. The molecular weight excluding hydrogens is 589 g/mol. The van der Waals surface area contributed by atoms with Gasteiger partial charge < -0.3 is 40.9 Å². The van der Waals surface area contributed by atoms with Crippen LogP contribution in [-0.4, -0.2) is 93.7 Å². The van der Waals surface area contributed by atoms with Crippen LogP contribution in [0.15, 0.2) is 11.1 Å². The molecular formula is C26H38FN7O10. The number of nitrogens with zero attached hydrogens (tertiary/aromatic N) is 3. The lowest BCUT2D eigenvalue weighted by atomic mass is 10.0. The molecule has 244 valence electrons. The van der Waals surface area contributed by atoms with Crippen molar-refractivity contribution in [2.75, 3.05) is 19.5 Å². The fourth-order valence-corrected chi connectivity index (χ4v) is 4.12. The standard InChI is InChI=1S/C26H38FN7O10/c1-10(2)17(28)23(37)43-13(7-16(35)40-5)20(44-24(38)18(29)11(3)4)25(39)41-8-14-12(27)6-15(42-14)34-9-31-19-21(34)32-26(30)33-22(19)36/h9-15,17-18,20H,6-8,28-29H2,1-5H3,(H3,30,32,33,36)/t12-,13?,14+,15+,17-,18-,20?/m0/s1. The van der Waals surface area contributed by atoms with Gasteiger partial charge in [-0.2, -0.15) is 4.98 Å². The van der Waals surface area contributed by atoms with Crippen LogP contribution in [0.2, 0.25) is 0 Å². The molecule has 0 radical (unpaired) electrons. The number of methoxy groups -OCH3 is 1. The topological polar surface area (TPSA) is 256 Å².